The lowest BCUT2D eigenvalue weighted by molar-refractivity contribution is -0.125. The van der Waals surface area contributed by atoms with Crippen LogP contribution in [-0.2, 0) is 11.8 Å². The monoisotopic (exact) mass is 264 g/mol. The number of carbonyl (C=O) groups excluding carboxylic acids is 1. The zero-order valence-corrected chi connectivity index (χ0v) is 11.2. The summed E-state index contributed by atoms with van der Waals surface area (Å²) in [5, 5.41) is 13.8. The van der Waals surface area contributed by atoms with E-state index >= 15 is 0 Å². The van der Waals surface area contributed by atoms with Gasteiger partial charge in [-0.1, -0.05) is 0 Å². The standard InChI is InChI=1S/C13H20N4O2/c1-15-8-10(7-14-15)17-5-2-3-12(13(17)19)16-6-4-11(18)9-16/h7-8,11-12,18H,2-6,9H2,1H3/t11-,12?/m0/s1. The average Bonchev–Trinajstić information content (AvgIpc) is 2.99. The first-order valence-electron chi connectivity index (χ1n) is 6.87. The summed E-state index contributed by atoms with van der Waals surface area (Å²) >= 11 is 0. The molecule has 2 aliphatic heterocycles. The molecular formula is C13H20N4O2. The summed E-state index contributed by atoms with van der Waals surface area (Å²) in [6.07, 6.45) is 6.00. The van der Waals surface area contributed by atoms with Gasteiger partial charge in [-0.3, -0.25) is 14.4 Å². The first kappa shape index (κ1) is 12.6. The van der Waals surface area contributed by atoms with Crippen molar-refractivity contribution in [3.8, 4) is 0 Å². The number of aliphatic hydroxyl groups is 1. The number of aromatic nitrogens is 2. The number of amides is 1. The van der Waals surface area contributed by atoms with E-state index in [-0.39, 0.29) is 18.1 Å². The Morgan fingerprint density at radius 3 is 2.84 bits per heavy atom. The number of carbonyl (C=O) groups is 1. The van der Waals surface area contributed by atoms with Crippen LogP contribution in [0.15, 0.2) is 12.4 Å². The van der Waals surface area contributed by atoms with E-state index in [2.05, 4.69) is 10.00 Å². The summed E-state index contributed by atoms with van der Waals surface area (Å²) in [6, 6.07) is -0.0777. The molecule has 1 unspecified atom stereocenters. The van der Waals surface area contributed by atoms with Crippen LogP contribution in [0.2, 0.25) is 0 Å². The van der Waals surface area contributed by atoms with Gasteiger partial charge in [0.05, 0.1) is 24.0 Å². The normalized spacial score (nSPS) is 29.2. The number of likely N-dealkylation sites (tertiary alicyclic amines) is 1. The van der Waals surface area contributed by atoms with Gasteiger partial charge in [-0.05, 0) is 19.3 Å². The van der Waals surface area contributed by atoms with Crippen LogP contribution < -0.4 is 4.90 Å². The third-order valence-corrected chi connectivity index (χ3v) is 4.05. The highest BCUT2D eigenvalue weighted by atomic mass is 16.3. The minimum atomic E-state index is -0.276. The van der Waals surface area contributed by atoms with Crippen molar-refractivity contribution in [2.75, 3.05) is 24.5 Å². The highest BCUT2D eigenvalue weighted by molar-refractivity contribution is 5.97. The second-order valence-corrected chi connectivity index (χ2v) is 5.46. The average molecular weight is 264 g/mol. The predicted octanol–water partition coefficient (Wildman–Crippen LogP) is -0.0179. The van der Waals surface area contributed by atoms with Crippen molar-refractivity contribution in [1.29, 1.82) is 0 Å². The van der Waals surface area contributed by atoms with Crippen LogP contribution in [0.3, 0.4) is 0 Å². The molecule has 1 aromatic heterocycles. The Kier molecular flexibility index (Phi) is 3.28. The summed E-state index contributed by atoms with van der Waals surface area (Å²) < 4.78 is 1.71. The van der Waals surface area contributed by atoms with Crippen LogP contribution in [0.5, 0.6) is 0 Å². The Balaban J connectivity index is 1.75. The summed E-state index contributed by atoms with van der Waals surface area (Å²) in [4.78, 5) is 16.5. The Morgan fingerprint density at radius 2 is 2.21 bits per heavy atom. The van der Waals surface area contributed by atoms with Gasteiger partial charge in [0.2, 0.25) is 5.91 Å². The van der Waals surface area contributed by atoms with Crippen molar-refractivity contribution in [3.63, 3.8) is 0 Å². The van der Waals surface area contributed by atoms with E-state index in [9.17, 15) is 9.90 Å². The Hall–Kier alpha value is -1.40. The molecule has 104 valence electrons. The fourth-order valence-corrected chi connectivity index (χ4v) is 3.05. The second kappa shape index (κ2) is 4.94. The summed E-state index contributed by atoms with van der Waals surface area (Å²) in [5.74, 6) is 0.147. The van der Waals surface area contributed by atoms with Gasteiger partial charge in [0.25, 0.3) is 0 Å². The van der Waals surface area contributed by atoms with Gasteiger partial charge in [0.1, 0.15) is 0 Å². The number of aliphatic hydroxyl groups excluding tert-OH is 1. The van der Waals surface area contributed by atoms with Gasteiger partial charge in [0.15, 0.2) is 0 Å². The maximum Gasteiger partial charge on any atom is 0.244 e. The smallest absolute Gasteiger partial charge is 0.244 e. The number of aryl methyl sites for hydroxylation is 1. The van der Waals surface area contributed by atoms with Crippen molar-refractivity contribution in [2.24, 2.45) is 7.05 Å². The molecule has 1 aromatic rings. The second-order valence-electron chi connectivity index (χ2n) is 5.46. The number of hydrogen-bond donors (Lipinski definition) is 1. The Morgan fingerprint density at radius 1 is 1.37 bits per heavy atom. The topological polar surface area (TPSA) is 61.6 Å². The molecule has 6 heteroatoms. The molecule has 6 nitrogen and oxygen atoms in total. The summed E-state index contributed by atoms with van der Waals surface area (Å²) in [6.45, 7) is 2.20. The van der Waals surface area contributed by atoms with Gasteiger partial charge >= 0.3 is 0 Å². The molecule has 0 saturated carbocycles. The summed E-state index contributed by atoms with van der Waals surface area (Å²) in [7, 11) is 1.85. The van der Waals surface area contributed by atoms with E-state index in [0.717, 1.165) is 38.0 Å². The van der Waals surface area contributed by atoms with E-state index in [0.29, 0.717) is 6.54 Å². The lowest BCUT2D eigenvalue weighted by Gasteiger charge is -2.36. The SMILES string of the molecule is Cn1cc(N2CCCC(N3CC[C@H](O)C3)C2=O)cn1. The maximum atomic E-state index is 12.6. The molecule has 2 atom stereocenters. The largest absolute Gasteiger partial charge is 0.392 e. The quantitative estimate of drug-likeness (QED) is 0.815. The molecule has 0 aromatic carbocycles. The predicted molar refractivity (Wildman–Crippen MR) is 70.8 cm³/mol. The number of hydrogen-bond acceptors (Lipinski definition) is 4. The zero-order valence-electron chi connectivity index (χ0n) is 11.2. The molecule has 0 aliphatic carbocycles. The summed E-state index contributed by atoms with van der Waals surface area (Å²) in [5.41, 5.74) is 0.872. The minimum absolute atomic E-state index is 0.0777. The number of piperidine rings is 1. The molecule has 2 fully saturated rings. The van der Waals surface area contributed by atoms with Crippen LogP contribution in [0.1, 0.15) is 19.3 Å². The van der Waals surface area contributed by atoms with Crippen molar-refractivity contribution >= 4 is 11.6 Å². The molecule has 2 saturated heterocycles. The number of anilines is 1. The first-order chi connectivity index (χ1) is 9.15. The van der Waals surface area contributed by atoms with E-state index < -0.39 is 0 Å². The van der Waals surface area contributed by atoms with Crippen molar-refractivity contribution in [2.45, 2.75) is 31.4 Å². The molecule has 0 spiro atoms. The van der Waals surface area contributed by atoms with Crippen LogP contribution in [0.4, 0.5) is 5.69 Å². The van der Waals surface area contributed by atoms with E-state index in [1.54, 1.807) is 10.9 Å². The van der Waals surface area contributed by atoms with Gasteiger partial charge in [-0.15, -0.1) is 0 Å². The van der Waals surface area contributed by atoms with Gasteiger partial charge < -0.3 is 10.0 Å². The highest BCUT2D eigenvalue weighted by Gasteiger charge is 2.37. The molecule has 1 amide bonds. The Labute approximate surface area is 112 Å². The van der Waals surface area contributed by atoms with E-state index in [4.69, 9.17) is 0 Å². The molecule has 3 heterocycles. The van der Waals surface area contributed by atoms with Crippen LogP contribution in [-0.4, -0.2) is 57.5 Å². The maximum absolute atomic E-state index is 12.6. The van der Waals surface area contributed by atoms with Crippen LogP contribution in [0.25, 0.3) is 0 Å². The molecule has 3 rings (SSSR count). The molecule has 1 N–H and O–H groups in total. The van der Waals surface area contributed by atoms with E-state index in [1.807, 2.05) is 18.1 Å². The van der Waals surface area contributed by atoms with Gasteiger partial charge in [-0.25, -0.2) is 0 Å². The lowest BCUT2D eigenvalue weighted by Crippen LogP contribution is -2.52. The fourth-order valence-electron chi connectivity index (χ4n) is 3.05. The van der Waals surface area contributed by atoms with Crippen molar-refractivity contribution in [3.05, 3.63) is 12.4 Å². The Bertz CT molecular complexity index is 473. The molecule has 19 heavy (non-hydrogen) atoms. The lowest BCUT2D eigenvalue weighted by atomic mass is 10.0. The van der Waals surface area contributed by atoms with Crippen molar-refractivity contribution in [1.82, 2.24) is 14.7 Å². The molecule has 0 bridgehead atoms. The zero-order chi connectivity index (χ0) is 13.4. The van der Waals surface area contributed by atoms with Crippen molar-refractivity contribution < 1.29 is 9.90 Å². The van der Waals surface area contributed by atoms with Crippen LogP contribution >= 0.6 is 0 Å². The molecule has 0 radical (unpaired) electrons. The third kappa shape index (κ3) is 2.37. The molecule has 2 aliphatic rings. The van der Waals surface area contributed by atoms with Crippen LogP contribution in [0, 0.1) is 0 Å². The molecular weight excluding hydrogens is 244 g/mol. The number of nitrogens with zero attached hydrogens (tertiary/aromatic N) is 4. The first-order valence-corrected chi connectivity index (χ1v) is 6.87. The van der Waals surface area contributed by atoms with Gasteiger partial charge in [0, 0.05) is 32.9 Å². The third-order valence-electron chi connectivity index (χ3n) is 4.05. The van der Waals surface area contributed by atoms with Gasteiger partial charge in [-0.2, -0.15) is 5.10 Å². The number of β-amino-alcohol motifs (C(OH)–C–C–N with tert-alkyl or cyclic N) is 1. The highest BCUT2D eigenvalue weighted by Crippen LogP contribution is 2.25. The minimum Gasteiger partial charge on any atom is -0.392 e. The fraction of sp³-hybridized carbons (Fsp3) is 0.692. The number of rotatable bonds is 2. The van der Waals surface area contributed by atoms with E-state index in [1.165, 1.54) is 0 Å².